The molecule has 1 atom stereocenters. The van der Waals surface area contributed by atoms with Gasteiger partial charge in [0.25, 0.3) is 0 Å². The number of ether oxygens (including phenoxy) is 1. The first-order valence-corrected chi connectivity index (χ1v) is 13.3. The lowest BCUT2D eigenvalue weighted by Crippen LogP contribution is -2.57. The van der Waals surface area contributed by atoms with Crippen molar-refractivity contribution in [1.82, 2.24) is 20.0 Å². The third kappa shape index (κ3) is 4.27. The van der Waals surface area contributed by atoms with Gasteiger partial charge in [-0.25, -0.2) is 0 Å². The number of aromatic nitrogens is 2. The van der Waals surface area contributed by atoms with E-state index in [0.29, 0.717) is 30.5 Å². The number of hydrogen-bond acceptors (Lipinski definition) is 6. The molecule has 1 aromatic heterocycles. The highest BCUT2D eigenvalue weighted by Crippen LogP contribution is 2.44. The molecule has 9 nitrogen and oxygen atoms in total. The Kier molecular flexibility index (Phi) is 5.98. The Bertz CT molecular complexity index is 1170. The van der Waals surface area contributed by atoms with Crippen molar-refractivity contribution in [3.8, 4) is 0 Å². The number of piperidine rings is 2. The van der Waals surface area contributed by atoms with Gasteiger partial charge in [-0.1, -0.05) is 0 Å². The molecule has 1 unspecified atom stereocenters. The SMILES string of the molecule is Cn1nc(C2CCC(=O)NC2=O)c2ccc(N3CCC(OC4CCC5(CC4)CN(C=O)C5)CC3)cc21. The molecule has 1 N–H and O–H groups in total. The van der Waals surface area contributed by atoms with Crippen LogP contribution in [0.15, 0.2) is 18.2 Å². The Hall–Kier alpha value is -2.94. The van der Waals surface area contributed by atoms with Crippen molar-refractivity contribution >= 4 is 34.8 Å². The number of hydrogen-bond donors (Lipinski definition) is 1. The lowest BCUT2D eigenvalue weighted by Gasteiger charge is -2.52. The fraction of sp³-hybridized carbons (Fsp3) is 0.630. The average Bonchev–Trinajstić information content (AvgIpc) is 3.19. The van der Waals surface area contributed by atoms with E-state index in [2.05, 4.69) is 33.5 Å². The Morgan fingerprint density at radius 3 is 2.47 bits per heavy atom. The Balaban J connectivity index is 1.05. The van der Waals surface area contributed by atoms with Gasteiger partial charge in [0.05, 0.1) is 29.3 Å². The normalized spacial score (nSPS) is 25.3. The van der Waals surface area contributed by atoms with Crippen molar-refractivity contribution in [2.24, 2.45) is 12.5 Å². The topological polar surface area (TPSA) is 96.8 Å². The monoisotopic (exact) mass is 493 g/mol. The minimum absolute atomic E-state index is 0.206. The lowest BCUT2D eigenvalue weighted by molar-refractivity contribution is -0.136. The van der Waals surface area contributed by atoms with E-state index in [1.807, 2.05) is 16.6 Å². The second kappa shape index (κ2) is 9.18. The van der Waals surface area contributed by atoms with Crippen LogP contribution < -0.4 is 10.2 Å². The van der Waals surface area contributed by atoms with E-state index < -0.39 is 0 Å². The molecule has 3 aliphatic heterocycles. The minimum atomic E-state index is -0.381. The van der Waals surface area contributed by atoms with Gasteiger partial charge in [-0.15, -0.1) is 0 Å². The van der Waals surface area contributed by atoms with Crippen molar-refractivity contribution in [1.29, 1.82) is 0 Å². The molecule has 1 aromatic carbocycles. The van der Waals surface area contributed by atoms with Crippen LogP contribution in [-0.2, 0) is 26.2 Å². The van der Waals surface area contributed by atoms with Gasteiger partial charge in [-0.05, 0) is 63.1 Å². The van der Waals surface area contributed by atoms with Crippen molar-refractivity contribution in [3.63, 3.8) is 0 Å². The summed E-state index contributed by atoms with van der Waals surface area (Å²) in [6, 6.07) is 6.37. The molecule has 3 saturated heterocycles. The largest absolute Gasteiger partial charge is 0.375 e. The molecule has 4 heterocycles. The quantitative estimate of drug-likeness (QED) is 0.508. The second-order valence-electron chi connectivity index (χ2n) is 11.2. The highest BCUT2D eigenvalue weighted by atomic mass is 16.5. The third-order valence-corrected chi connectivity index (χ3v) is 8.84. The van der Waals surface area contributed by atoms with E-state index in [4.69, 9.17) is 4.74 Å². The van der Waals surface area contributed by atoms with Gasteiger partial charge >= 0.3 is 0 Å². The van der Waals surface area contributed by atoms with E-state index in [9.17, 15) is 14.4 Å². The van der Waals surface area contributed by atoms with Gasteiger partial charge in [-0.2, -0.15) is 5.10 Å². The fourth-order valence-corrected chi connectivity index (χ4v) is 6.75. The smallest absolute Gasteiger partial charge is 0.235 e. The number of rotatable bonds is 5. The number of nitrogens with one attached hydrogen (secondary N) is 1. The highest BCUT2D eigenvalue weighted by molar-refractivity contribution is 6.02. The first kappa shape index (κ1) is 23.5. The van der Waals surface area contributed by atoms with Crippen molar-refractivity contribution in [3.05, 3.63) is 23.9 Å². The summed E-state index contributed by atoms with van der Waals surface area (Å²) in [5.74, 6) is -0.836. The highest BCUT2D eigenvalue weighted by Gasteiger charge is 2.45. The number of carbonyl (C=O) groups excluding carboxylic acids is 3. The number of likely N-dealkylation sites (tertiary alicyclic amines) is 1. The van der Waals surface area contributed by atoms with Gasteiger partial charge in [-0.3, -0.25) is 24.4 Å². The number of fused-ring (bicyclic) bond motifs is 1. The van der Waals surface area contributed by atoms with Crippen molar-refractivity contribution in [2.45, 2.75) is 69.5 Å². The number of amides is 3. The van der Waals surface area contributed by atoms with Crippen LogP contribution in [0.3, 0.4) is 0 Å². The predicted molar refractivity (Wildman–Crippen MR) is 134 cm³/mol. The zero-order valence-corrected chi connectivity index (χ0v) is 20.9. The summed E-state index contributed by atoms with van der Waals surface area (Å²) in [6.07, 6.45) is 9.11. The van der Waals surface area contributed by atoms with E-state index in [1.165, 1.54) is 18.5 Å². The van der Waals surface area contributed by atoms with E-state index in [-0.39, 0.29) is 17.7 Å². The lowest BCUT2D eigenvalue weighted by atomic mass is 9.68. The maximum atomic E-state index is 12.4. The molecule has 192 valence electrons. The van der Waals surface area contributed by atoms with E-state index >= 15 is 0 Å². The van der Waals surface area contributed by atoms with Crippen LogP contribution in [0.5, 0.6) is 0 Å². The Labute approximate surface area is 211 Å². The number of carbonyl (C=O) groups is 3. The average molecular weight is 494 g/mol. The molecule has 36 heavy (non-hydrogen) atoms. The molecular weight excluding hydrogens is 458 g/mol. The second-order valence-corrected chi connectivity index (χ2v) is 11.2. The Morgan fingerprint density at radius 1 is 1.06 bits per heavy atom. The summed E-state index contributed by atoms with van der Waals surface area (Å²) in [6.45, 7) is 3.77. The maximum Gasteiger partial charge on any atom is 0.235 e. The zero-order chi connectivity index (χ0) is 24.9. The van der Waals surface area contributed by atoms with E-state index in [1.54, 1.807) is 0 Å². The van der Waals surface area contributed by atoms with Crippen molar-refractivity contribution < 1.29 is 19.1 Å². The number of nitrogens with zero attached hydrogens (tertiary/aromatic N) is 4. The molecule has 1 aliphatic carbocycles. The summed E-state index contributed by atoms with van der Waals surface area (Å²) in [5, 5.41) is 8.10. The number of imide groups is 1. The number of benzene rings is 1. The molecule has 6 rings (SSSR count). The summed E-state index contributed by atoms with van der Waals surface area (Å²) >= 11 is 0. The summed E-state index contributed by atoms with van der Waals surface area (Å²) in [4.78, 5) is 39.2. The first-order chi connectivity index (χ1) is 17.4. The molecule has 0 bridgehead atoms. The molecule has 3 amide bonds. The third-order valence-electron chi connectivity index (χ3n) is 8.84. The fourth-order valence-electron chi connectivity index (χ4n) is 6.75. The molecule has 4 aliphatic rings. The van der Waals surface area contributed by atoms with Crippen LogP contribution in [0.4, 0.5) is 5.69 Å². The van der Waals surface area contributed by atoms with Crippen LogP contribution >= 0.6 is 0 Å². The molecule has 9 heteroatoms. The zero-order valence-electron chi connectivity index (χ0n) is 20.9. The van der Waals surface area contributed by atoms with Crippen LogP contribution in [-0.4, -0.2) is 71.3 Å². The molecular formula is C27H35N5O4. The maximum absolute atomic E-state index is 12.4. The summed E-state index contributed by atoms with van der Waals surface area (Å²) in [7, 11) is 1.91. The Morgan fingerprint density at radius 2 is 1.78 bits per heavy atom. The van der Waals surface area contributed by atoms with Crippen molar-refractivity contribution in [2.75, 3.05) is 31.1 Å². The molecule has 1 saturated carbocycles. The van der Waals surface area contributed by atoms with Gasteiger partial charge in [0.2, 0.25) is 18.2 Å². The molecule has 1 spiro atoms. The van der Waals surface area contributed by atoms with E-state index in [0.717, 1.165) is 74.9 Å². The summed E-state index contributed by atoms with van der Waals surface area (Å²) in [5.41, 5.74) is 3.30. The summed E-state index contributed by atoms with van der Waals surface area (Å²) < 4.78 is 8.37. The number of aryl methyl sites for hydroxylation is 1. The van der Waals surface area contributed by atoms with Crippen LogP contribution in [0.2, 0.25) is 0 Å². The molecule has 2 aromatic rings. The minimum Gasteiger partial charge on any atom is -0.375 e. The van der Waals surface area contributed by atoms with Crippen LogP contribution in [0, 0.1) is 5.41 Å². The predicted octanol–water partition coefficient (Wildman–Crippen LogP) is 2.48. The molecule has 4 fully saturated rings. The molecule has 0 radical (unpaired) electrons. The van der Waals surface area contributed by atoms with Crippen LogP contribution in [0.25, 0.3) is 10.9 Å². The standard InChI is InChI=1S/C27H35N5O4/c1-30-23-14-18(2-3-21(23)25(29-30)22-4-5-24(34)28-26(22)35)32-12-8-20(9-13-32)36-19-6-10-27(11-7-19)15-31(16-27)17-33/h2-3,14,17,19-20,22H,4-13,15-16H2,1H3,(H,28,34,35). The first-order valence-electron chi connectivity index (χ1n) is 13.3. The van der Waals surface area contributed by atoms with Gasteiger partial charge in [0.1, 0.15) is 0 Å². The van der Waals surface area contributed by atoms with Crippen LogP contribution in [0.1, 0.15) is 63.0 Å². The van der Waals surface area contributed by atoms with Gasteiger partial charge in [0, 0.05) is 56.1 Å². The number of anilines is 1. The van der Waals surface area contributed by atoms with Gasteiger partial charge in [0.15, 0.2) is 0 Å². The van der Waals surface area contributed by atoms with Gasteiger partial charge < -0.3 is 14.5 Å².